The van der Waals surface area contributed by atoms with E-state index in [-0.39, 0.29) is 12.5 Å². The average Bonchev–Trinajstić information content (AvgIpc) is 3.22. The van der Waals surface area contributed by atoms with E-state index in [1.165, 1.54) is 17.4 Å². The first-order chi connectivity index (χ1) is 11.2. The predicted molar refractivity (Wildman–Crippen MR) is 87.6 cm³/mol. The Hall–Kier alpha value is -2.73. The number of rotatable bonds is 5. The fourth-order valence-corrected chi connectivity index (χ4v) is 2.59. The van der Waals surface area contributed by atoms with E-state index in [1.54, 1.807) is 6.08 Å². The van der Waals surface area contributed by atoms with Crippen molar-refractivity contribution in [3.05, 3.63) is 64.9 Å². The van der Waals surface area contributed by atoms with Gasteiger partial charge in [-0.2, -0.15) is 4.98 Å². The molecular weight excluding hydrogens is 312 g/mol. The number of aryl methyl sites for hydroxylation is 1. The van der Waals surface area contributed by atoms with Crippen LogP contribution in [0.4, 0.5) is 0 Å². The lowest BCUT2D eigenvalue weighted by Crippen LogP contribution is -2.00. The molecule has 0 bridgehead atoms. The number of hydrogen-bond acceptors (Lipinski definition) is 6. The number of esters is 1. The highest BCUT2D eigenvalue weighted by atomic mass is 32.1. The number of carbonyl (C=O) groups is 1. The lowest BCUT2D eigenvalue weighted by molar-refractivity contribution is -0.139. The molecule has 116 valence electrons. The Morgan fingerprint density at radius 3 is 3.04 bits per heavy atom. The van der Waals surface area contributed by atoms with E-state index in [0.29, 0.717) is 5.82 Å². The van der Waals surface area contributed by atoms with E-state index in [1.807, 2.05) is 48.7 Å². The number of thiophene rings is 1. The van der Waals surface area contributed by atoms with E-state index in [9.17, 15) is 4.79 Å². The maximum absolute atomic E-state index is 11.7. The maximum atomic E-state index is 11.7. The molecule has 0 saturated carbocycles. The van der Waals surface area contributed by atoms with E-state index in [4.69, 9.17) is 9.26 Å². The van der Waals surface area contributed by atoms with Gasteiger partial charge in [-0.05, 0) is 30.0 Å². The standard InChI is InChI=1S/C17H14N2O3S/c1-12-4-2-5-13(10-12)7-8-16(20)21-11-15-18-17(19-22-15)14-6-3-9-23-14/h2-10H,11H2,1H3/b8-7+. The number of carbonyl (C=O) groups excluding carboxylic acids is 1. The van der Waals surface area contributed by atoms with Gasteiger partial charge in [0.1, 0.15) is 0 Å². The molecule has 3 aromatic rings. The van der Waals surface area contributed by atoms with Gasteiger partial charge in [-0.3, -0.25) is 0 Å². The number of ether oxygens (including phenoxy) is 1. The minimum Gasteiger partial charge on any atom is -0.452 e. The Morgan fingerprint density at radius 2 is 2.26 bits per heavy atom. The van der Waals surface area contributed by atoms with Gasteiger partial charge in [0.25, 0.3) is 5.89 Å². The summed E-state index contributed by atoms with van der Waals surface area (Å²) in [5.74, 6) is 0.314. The van der Waals surface area contributed by atoms with Gasteiger partial charge < -0.3 is 9.26 Å². The van der Waals surface area contributed by atoms with Crippen molar-refractivity contribution in [1.29, 1.82) is 0 Å². The smallest absolute Gasteiger partial charge is 0.331 e. The summed E-state index contributed by atoms with van der Waals surface area (Å²) in [6, 6.07) is 11.6. The third-order valence-corrected chi connectivity index (χ3v) is 3.87. The molecule has 23 heavy (non-hydrogen) atoms. The van der Waals surface area contributed by atoms with Gasteiger partial charge in [0.2, 0.25) is 5.82 Å². The van der Waals surface area contributed by atoms with Crippen molar-refractivity contribution >= 4 is 23.4 Å². The minimum absolute atomic E-state index is 0.0463. The molecule has 0 amide bonds. The summed E-state index contributed by atoms with van der Waals surface area (Å²) in [5.41, 5.74) is 2.08. The third kappa shape index (κ3) is 4.14. The van der Waals surface area contributed by atoms with E-state index < -0.39 is 5.97 Å². The lowest BCUT2D eigenvalue weighted by Gasteiger charge is -1.97. The summed E-state index contributed by atoms with van der Waals surface area (Å²) in [5, 5.41) is 5.79. The van der Waals surface area contributed by atoms with Crippen LogP contribution in [0.2, 0.25) is 0 Å². The molecule has 0 fully saturated rings. The molecule has 2 heterocycles. The minimum atomic E-state index is -0.456. The van der Waals surface area contributed by atoms with Crippen LogP contribution < -0.4 is 0 Å². The molecule has 0 spiro atoms. The molecule has 0 aliphatic heterocycles. The number of hydrogen-bond donors (Lipinski definition) is 0. The highest BCUT2D eigenvalue weighted by molar-refractivity contribution is 7.13. The molecule has 0 aliphatic carbocycles. The van der Waals surface area contributed by atoms with Gasteiger partial charge in [0, 0.05) is 6.08 Å². The molecule has 6 heteroatoms. The largest absolute Gasteiger partial charge is 0.452 e. The van der Waals surface area contributed by atoms with Crippen molar-refractivity contribution in [2.75, 3.05) is 0 Å². The number of nitrogens with zero attached hydrogens (tertiary/aromatic N) is 2. The van der Waals surface area contributed by atoms with Crippen molar-refractivity contribution in [3.63, 3.8) is 0 Å². The van der Waals surface area contributed by atoms with Crippen LogP contribution >= 0.6 is 11.3 Å². The molecule has 0 atom stereocenters. The zero-order chi connectivity index (χ0) is 16.1. The zero-order valence-corrected chi connectivity index (χ0v) is 13.2. The number of aromatic nitrogens is 2. The molecule has 0 unspecified atom stereocenters. The molecule has 0 radical (unpaired) electrons. The molecule has 0 saturated heterocycles. The van der Waals surface area contributed by atoms with Crippen LogP contribution in [0.5, 0.6) is 0 Å². The van der Waals surface area contributed by atoms with Crippen molar-refractivity contribution < 1.29 is 14.1 Å². The topological polar surface area (TPSA) is 65.2 Å². The second-order valence-electron chi connectivity index (χ2n) is 4.84. The first-order valence-electron chi connectivity index (χ1n) is 6.99. The molecule has 1 aromatic carbocycles. The van der Waals surface area contributed by atoms with Gasteiger partial charge in [0.15, 0.2) is 6.61 Å². The van der Waals surface area contributed by atoms with Crippen LogP contribution in [0.3, 0.4) is 0 Å². The summed E-state index contributed by atoms with van der Waals surface area (Å²) >= 11 is 1.52. The Labute approximate surface area is 137 Å². The fourth-order valence-electron chi connectivity index (χ4n) is 1.94. The number of benzene rings is 1. The van der Waals surface area contributed by atoms with Gasteiger partial charge in [0.05, 0.1) is 4.88 Å². The quantitative estimate of drug-likeness (QED) is 0.526. The van der Waals surface area contributed by atoms with Crippen LogP contribution in [-0.2, 0) is 16.1 Å². The normalized spacial score (nSPS) is 11.0. The van der Waals surface area contributed by atoms with Crippen LogP contribution in [-0.4, -0.2) is 16.1 Å². The summed E-state index contributed by atoms with van der Waals surface area (Å²) in [4.78, 5) is 16.8. The Bertz CT molecular complexity index is 822. The summed E-state index contributed by atoms with van der Waals surface area (Å²) in [6.45, 7) is 1.95. The predicted octanol–water partition coefficient (Wildman–Crippen LogP) is 3.86. The van der Waals surface area contributed by atoms with Gasteiger partial charge in [-0.1, -0.05) is 41.1 Å². The van der Waals surface area contributed by atoms with Gasteiger partial charge in [-0.15, -0.1) is 11.3 Å². The SMILES string of the molecule is Cc1cccc(/C=C/C(=O)OCc2nc(-c3cccs3)no2)c1. The lowest BCUT2D eigenvalue weighted by atomic mass is 10.1. The van der Waals surface area contributed by atoms with Gasteiger partial charge in [-0.25, -0.2) is 4.79 Å². The van der Waals surface area contributed by atoms with Crippen molar-refractivity contribution in [3.8, 4) is 10.7 Å². The van der Waals surface area contributed by atoms with Crippen LogP contribution in [0.15, 0.2) is 52.4 Å². The van der Waals surface area contributed by atoms with E-state index in [2.05, 4.69) is 10.1 Å². The second-order valence-corrected chi connectivity index (χ2v) is 5.79. The van der Waals surface area contributed by atoms with E-state index >= 15 is 0 Å². The zero-order valence-electron chi connectivity index (χ0n) is 12.4. The second kappa shape index (κ2) is 7.02. The molecule has 0 aliphatic rings. The summed E-state index contributed by atoms with van der Waals surface area (Å²) < 4.78 is 10.2. The summed E-state index contributed by atoms with van der Waals surface area (Å²) in [6.07, 6.45) is 3.09. The monoisotopic (exact) mass is 326 g/mol. The molecule has 0 N–H and O–H groups in total. The Kier molecular flexibility index (Phi) is 4.63. The maximum Gasteiger partial charge on any atom is 0.331 e. The Morgan fingerprint density at radius 1 is 1.35 bits per heavy atom. The third-order valence-electron chi connectivity index (χ3n) is 3.00. The highest BCUT2D eigenvalue weighted by Crippen LogP contribution is 2.21. The average molecular weight is 326 g/mol. The van der Waals surface area contributed by atoms with Gasteiger partial charge >= 0.3 is 5.97 Å². The van der Waals surface area contributed by atoms with E-state index in [0.717, 1.165) is 16.0 Å². The van der Waals surface area contributed by atoms with Crippen molar-refractivity contribution in [2.45, 2.75) is 13.5 Å². The van der Waals surface area contributed by atoms with Crippen molar-refractivity contribution in [2.24, 2.45) is 0 Å². The first kappa shape index (κ1) is 15.2. The molecule has 3 rings (SSSR count). The first-order valence-corrected chi connectivity index (χ1v) is 7.86. The fraction of sp³-hybridized carbons (Fsp3) is 0.118. The highest BCUT2D eigenvalue weighted by Gasteiger charge is 2.10. The molecule has 5 nitrogen and oxygen atoms in total. The van der Waals surface area contributed by atoms with Crippen LogP contribution in [0.1, 0.15) is 17.0 Å². The van der Waals surface area contributed by atoms with Crippen LogP contribution in [0.25, 0.3) is 16.8 Å². The molecular formula is C17H14N2O3S. The van der Waals surface area contributed by atoms with Crippen molar-refractivity contribution in [1.82, 2.24) is 10.1 Å². The Balaban J connectivity index is 1.55. The summed E-state index contributed by atoms with van der Waals surface area (Å²) in [7, 11) is 0. The van der Waals surface area contributed by atoms with Crippen LogP contribution in [0, 0.1) is 6.92 Å². The molecule has 2 aromatic heterocycles.